The Morgan fingerprint density at radius 2 is 2.11 bits per heavy atom. The summed E-state index contributed by atoms with van der Waals surface area (Å²) in [5, 5.41) is 6.45. The van der Waals surface area contributed by atoms with E-state index >= 15 is 0 Å². The Morgan fingerprint density at radius 1 is 1.47 bits per heavy atom. The van der Waals surface area contributed by atoms with E-state index in [9.17, 15) is 4.79 Å². The molecule has 0 aliphatic heterocycles. The molecule has 1 atom stereocenters. The van der Waals surface area contributed by atoms with Crippen LogP contribution in [0.4, 0.5) is 5.82 Å². The van der Waals surface area contributed by atoms with E-state index < -0.39 is 0 Å². The fourth-order valence-electron chi connectivity index (χ4n) is 1.36. The number of halogens is 1. The second kappa shape index (κ2) is 6.24. The molecule has 1 aromatic heterocycles. The molecule has 5 heteroatoms. The van der Waals surface area contributed by atoms with Crippen molar-refractivity contribution in [1.29, 1.82) is 0 Å². The van der Waals surface area contributed by atoms with Crippen LogP contribution in [0.15, 0.2) is 12.3 Å². The van der Waals surface area contributed by atoms with Crippen LogP contribution in [0.3, 0.4) is 0 Å². The summed E-state index contributed by atoms with van der Waals surface area (Å²) in [6.45, 7) is 10.9. The Kier molecular flexibility index (Phi) is 5.18. The second-order valence-corrected chi connectivity index (χ2v) is 6.05. The largest absolute Gasteiger partial charge is 0.369 e. The van der Waals surface area contributed by atoms with Crippen molar-refractivity contribution in [2.75, 3.05) is 11.9 Å². The zero-order valence-corrected chi connectivity index (χ0v) is 12.9. The van der Waals surface area contributed by atoms with E-state index in [-0.39, 0.29) is 17.4 Å². The van der Waals surface area contributed by atoms with Crippen molar-refractivity contribution in [3.63, 3.8) is 0 Å². The van der Waals surface area contributed by atoms with E-state index in [1.54, 1.807) is 6.07 Å². The summed E-state index contributed by atoms with van der Waals surface area (Å²) in [6, 6.07) is 1.70. The van der Waals surface area contributed by atoms with Crippen LogP contribution in [0.2, 0.25) is 5.02 Å². The van der Waals surface area contributed by atoms with Gasteiger partial charge in [0.15, 0.2) is 0 Å². The molecule has 0 aliphatic rings. The quantitative estimate of drug-likeness (QED) is 0.891. The van der Waals surface area contributed by atoms with Crippen LogP contribution >= 0.6 is 11.6 Å². The van der Waals surface area contributed by atoms with Crippen LogP contribution in [0.5, 0.6) is 0 Å². The highest BCUT2D eigenvalue weighted by Crippen LogP contribution is 2.21. The van der Waals surface area contributed by atoms with Gasteiger partial charge in [-0.05, 0) is 25.3 Å². The maximum atomic E-state index is 12.1. The summed E-state index contributed by atoms with van der Waals surface area (Å²) in [7, 11) is 0. The van der Waals surface area contributed by atoms with Crippen molar-refractivity contribution in [2.24, 2.45) is 5.41 Å². The predicted molar refractivity (Wildman–Crippen MR) is 79.8 cm³/mol. The maximum absolute atomic E-state index is 12.1. The molecule has 0 bridgehead atoms. The van der Waals surface area contributed by atoms with Crippen LogP contribution < -0.4 is 10.6 Å². The van der Waals surface area contributed by atoms with Crippen molar-refractivity contribution in [3.8, 4) is 0 Å². The summed E-state index contributed by atoms with van der Waals surface area (Å²) in [5.74, 6) is 0.449. The molecule has 4 nitrogen and oxygen atoms in total. The third kappa shape index (κ3) is 4.39. The van der Waals surface area contributed by atoms with Gasteiger partial charge in [-0.25, -0.2) is 4.98 Å². The zero-order chi connectivity index (χ0) is 14.6. The first-order valence-electron chi connectivity index (χ1n) is 6.46. The van der Waals surface area contributed by atoms with E-state index in [0.717, 1.165) is 6.54 Å². The monoisotopic (exact) mass is 283 g/mol. The Bertz CT molecular complexity index is 454. The second-order valence-electron chi connectivity index (χ2n) is 5.65. The van der Waals surface area contributed by atoms with Crippen LogP contribution in [-0.4, -0.2) is 23.5 Å². The average Bonchev–Trinajstić information content (AvgIpc) is 2.30. The SMILES string of the molecule is CCNc1ncc(C(=O)NC(C)C(C)(C)C)cc1Cl. The van der Waals surface area contributed by atoms with Crippen molar-refractivity contribution < 1.29 is 4.79 Å². The highest BCUT2D eigenvalue weighted by atomic mass is 35.5. The smallest absolute Gasteiger partial charge is 0.253 e. The topological polar surface area (TPSA) is 54.0 Å². The number of carbonyl (C=O) groups is 1. The van der Waals surface area contributed by atoms with Gasteiger partial charge in [0.2, 0.25) is 0 Å². The zero-order valence-electron chi connectivity index (χ0n) is 12.2. The van der Waals surface area contributed by atoms with E-state index in [1.807, 2.05) is 13.8 Å². The van der Waals surface area contributed by atoms with Gasteiger partial charge in [0.25, 0.3) is 5.91 Å². The minimum atomic E-state index is -0.153. The lowest BCUT2D eigenvalue weighted by Gasteiger charge is -2.28. The van der Waals surface area contributed by atoms with Gasteiger partial charge in [0, 0.05) is 18.8 Å². The fraction of sp³-hybridized carbons (Fsp3) is 0.571. The van der Waals surface area contributed by atoms with Crippen LogP contribution in [0.25, 0.3) is 0 Å². The highest BCUT2D eigenvalue weighted by Gasteiger charge is 2.22. The molecule has 0 aromatic carbocycles. The number of aromatic nitrogens is 1. The lowest BCUT2D eigenvalue weighted by Crippen LogP contribution is -2.41. The van der Waals surface area contributed by atoms with Crippen LogP contribution in [0.1, 0.15) is 45.0 Å². The molecule has 0 saturated heterocycles. The number of amides is 1. The third-order valence-corrected chi connectivity index (χ3v) is 3.38. The van der Waals surface area contributed by atoms with E-state index in [4.69, 9.17) is 11.6 Å². The minimum absolute atomic E-state index is 0.0105. The predicted octanol–water partition coefficient (Wildman–Crippen LogP) is 3.33. The summed E-state index contributed by atoms with van der Waals surface area (Å²) in [6.07, 6.45) is 1.54. The molecule has 1 heterocycles. The van der Waals surface area contributed by atoms with Gasteiger partial charge in [-0.3, -0.25) is 4.79 Å². The standard InChI is InChI=1S/C14H22ClN3O/c1-6-16-12-11(15)7-10(8-17-12)13(19)18-9(2)14(3,4)5/h7-9H,6H2,1-5H3,(H,16,17)(H,18,19). The van der Waals surface area contributed by atoms with Crippen LogP contribution in [0, 0.1) is 5.41 Å². The number of nitrogens with one attached hydrogen (secondary N) is 2. The van der Waals surface area contributed by atoms with Crippen molar-refractivity contribution in [3.05, 3.63) is 22.8 Å². The molecule has 1 amide bonds. The number of carbonyl (C=O) groups excluding carboxylic acids is 1. The molecule has 19 heavy (non-hydrogen) atoms. The summed E-state index contributed by atoms with van der Waals surface area (Å²) < 4.78 is 0. The number of hydrogen-bond acceptors (Lipinski definition) is 3. The van der Waals surface area contributed by atoms with Gasteiger partial charge in [0.1, 0.15) is 5.82 Å². The number of pyridine rings is 1. The van der Waals surface area contributed by atoms with Crippen molar-refractivity contribution in [1.82, 2.24) is 10.3 Å². The molecule has 1 rings (SSSR count). The van der Waals surface area contributed by atoms with Gasteiger partial charge in [-0.2, -0.15) is 0 Å². The van der Waals surface area contributed by atoms with Crippen molar-refractivity contribution in [2.45, 2.75) is 40.7 Å². The molecule has 1 aromatic rings. The number of rotatable bonds is 4. The lowest BCUT2D eigenvalue weighted by molar-refractivity contribution is 0.0910. The first-order chi connectivity index (χ1) is 8.75. The molecular weight excluding hydrogens is 262 g/mol. The van der Waals surface area contributed by atoms with Gasteiger partial charge in [-0.1, -0.05) is 32.4 Å². The molecule has 0 aliphatic carbocycles. The van der Waals surface area contributed by atoms with E-state index in [1.165, 1.54) is 6.20 Å². The normalized spacial score (nSPS) is 12.9. The van der Waals surface area contributed by atoms with E-state index in [2.05, 4.69) is 36.4 Å². The molecular formula is C14H22ClN3O. The Balaban J connectivity index is 2.81. The Labute approximate surface area is 120 Å². The van der Waals surface area contributed by atoms with Crippen LogP contribution in [-0.2, 0) is 0 Å². The highest BCUT2D eigenvalue weighted by molar-refractivity contribution is 6.33. The molecule has 2 N–H and O–H groups in total. The molecule has 1 unspecified atom stereocenters. The Hall–Kier alpha value is -1.29. The molecule has 0 saturated carbocycles. The van der Waals surface area contributed by atoms with E-state index in [0.29, 0.717) is 16.4 Å². The van der Waals surface area contributed by atoms with Gasteiger partial charge >= 0.3 is 0 Å². The first-order valence-corrected chi connectivity index (χ1v) is 6.83. The maximum Gasteiger partial charge on any atom is 0.253 e. The average molecular weight is 284 g/mol. The number of anilines is 1. The Morgan fingerprint density at radius 3 is 2.58 bits per heavy atom. The van der Waals surface area contributed by atoms with Gasteiger partial charge < -0.3 is 10.6 Å². The number of hydrogen-bond donors (Lipinski definition) is 2. The first kappa shape index (κ1) is 15.8. The summed E-state index contributed by atoms with van der Waals surface area (Å²) in [5.41, 5.74) is 0.485. The van der Waals surface area contributed by atoms with Gasteiger partial charge in [0.05, 0.1) is 10.6 Å². The minimum Gasteiger partial charge on any atom is -0.369 e. The summed E-state index contributed by atoms with van der Waals surface area (Å²) >= 11 is 6.07. The molecule has 0 fully saturated rings. The van der Waals surface area contributed by atoms with Gasteiger partial charge in [-0.15, -0.1) is 0 Å². The molecule has 106 valence electrons. The summed E-state index contributed by atoms with van der Waals surface area (Å²) in [4.78, 5) is 16.2. The van der Waals surface area contributed by atoms with Crippen molar-refractivity contribution >= 4 is 23.3 Å². The third-order valence-electron chi connectivity index (χ3n) is 3.09. The molecule has 0 spiro atoms. The number of nitrogens with zero attached hydrogens (tertiary/aromatic N) is 1. The molecule has 0 radical (unpaired) electrons. The fourth-order valence-corrected chi connectivity index (χ4v) is 1.59. The lowest BCUT2D eigenvalue weighted by atomic mass is 9.88.